The Labute approximate surface area is 334 Å². The SMILES string of the molecule is C=C1CCC1(NC(=O)[C@@H]1C[C@@H](Oc2cc(-c3ccccc3)nc3cc(OC)ccc23)CN1C(=O)[C@@H](CC(=O)N1CCCCC1)C(C)(C)C)C(=O)NS(=O)(=O)C1CC1. The first kappa shape index (κ1) is 40.2. The van der Waals surface area contributed by atoms with E-state index in [4.69, 9.17) is 14.5 Å². The van der Waals surface area contributed by atoms with E-state index in [1.165, 1.54) is 4.90 Å². The van der Waals surface area contributed by atoms with Crippen LogP contribution in [0.1, 0.15) is 78.6 Å². The fraction of sp³-hybridized carbons (Fsp3) is 0.512. The molecule has 3 heterocycles. The lowest BCUT2D eigenvalue weighted by atomic mass is 9.71. The zero-order chi connectivity index (χ0) is 40.7. The number of nitrogens with one attached hydrogen (secondary N) is 2. The lowest BCUT2D eigenvalue weighted by molar-refractivity contribution is -0.149. The van der Waals surface area contributed by atoms with Crippen LogP contribution < -0.4 is 19.5 Å². The Hall–Kier alpha value is -4.98. The molecule has 57 heavy (non-hydrogen) atoms. The molecule has 4 aliphatic rings. The van der Waals surface area contributed by atoms with Gasteiger partial charge in [0.15, 0.2) is 0 Å². The molecule has 13 nitrogen and oxygen atoms in total. The number of sulfonamides is 1. The number of rotatable bonds is 12. The number of aromatic nitrogens is 1. The second kappa shape index (κ2) is 15.8. The van der Waals surface area contributed by atoms with Gasteiger partial charge in [-0.25, -0.2) is 13.4 Å². The molecule has 304 valence electrons. The van der Waals surface area contributed by atoms with Crippen LogP contribution in [0.15, 0.2) is 66.7 Å². The van der Waals surface area contributed by atoms with Gasteiger partial charge >= 0.3 is 0 Å². The lowest BCUT2D eigenvalue weighted by Crippen LogP contribution is -2.67. The molecule has 0 radical (unpaired) electrons. The highest BCUT2D eigenvalue weighted by Gasteiger charge is 2.54. The predicted octanol–water partition coefficient (Wildman–Crippen LogP) is 5.14. The molecule has 4 atom stereocenters. The maximum Gasteiger partial charge on any atom is 0.263 e. The molecular formula is C43H53N5O8S. The van der Waals surface area contributed by atoms with Gasteiger partial charge in [-0.05, 0) is 68.1 Å². The third kappa shape index (κ3) is 8.37. The maximum absolute atomic E-state index is 14.9. The number of fused-ring (bicyclic) bond motifs is 1. The summed E-state index contributed by atoms with van der Waals surface area (Å²) in [5.74, 6) is -1.58. The first-order valence-corrected chi connectivity index (χ1v) is 21.5. The summed E-state index contributed by atoms with van der Waals surface area (Å²) in [6.07, 6.45) is 3.78. The van der Waals surface area contributed by atoms with Gasteiger partial charge in [0.25, 0.3) is 5.91 Å². The zero-order valence-corrected chi connectivity index (χ0v) is 34.0. The Bertz CT molecular complexity index is 2180. The molecule has 2 N–H and O–H groups in total. The van der Waals surface area contributed by atoms with Gasteiger partial charge in [-0.15, -0.1) is 0 Å². The fourth-order valence-electron chi connectivity index (χ4n) is 8.13. The van der Waals surface area contributed by atoms with Crippen LogP contribution in [0, 0.1) is 11.3 Å². The summed E-state index contributed by atoms with van der Waals surface area (Å²) in [5.41, 5.74) is 0.252. The van der Waals surface area contributed by atoms with Gasteiger partial charge in [0.05, 0.1) is 36.0 Å². The number of carbonyl (C=O) groups is 4. The number of carbonyl (C=O) groups excluding carboxylic acids is 4. The molecule has 1 unspecified atom stereocenters. The number of hydrogen-bond donors (Lipinski definition) is 2. The van der Waals surface area contributed by atoms with Crippen molar-refractivity contribution >= 4 is 44.6 Å². The number of ether oxygens (including phenoxy) is 2. The van der Waals surface area contributed by atoms with Crippen LogP contribution in [-0.4, -0.2) is 96.5 Å². The van der Waals surface area contributed by atoms with E-state index in [0.717, 1.165) is 24.8 Å². The lowest BCUT2D eigenvalue weighted by Gasteiger charge is -2.44. The Morgan fingerprint density at radius 3 is 2.35 bits per heavy atom. The summed E-state index contributed by atoms with van der Waals surface area (Å²) in [6.45, 7) is 11.1. The molecular weight excluding hydrogens is 747 g/mol. The van der Waals surface area contributed by atoms with Gasteiger partial charge in [0, 0.05) is 49.0 Å². The molecule has 3 aromatic rings. The van der Waals surface area contributed by atoms with Crippen molar-refractivity contribution in [3.8, 4) is 22.8 Å². The summed E-state index contributed by atoms with van der Waals surface area (Å²) in [5, 5.41) is 2.92. The zero-order valence-electron chi connectivity index (χ0n) is 33.2. The molecule has 1 aromatic heterocycles. The van der Waals surface area contributed by atoms with Crippen LogP contribution in [0.3, 0.4) is 0 Å². The van der Waals surface area contributed by atoms with E-state index in [1.807, 2.05) is 80.3 Å². The second-order valence-electron chi connectivity index (χ2n) is 17.0. The van der Waals surface area contributed by atoms with Crippen molar-refractivity contribution in [2.24, 2.45) is 11.3 Å². The highest BCUT2D eigenvalue weighted by atomic mass is 32.2. The van der Waals surface area contributed by atoms with E-state index >= 15 is 0 Å². The van der Waals surface area contributed by atoms with Gasteiger partial charge in [-0.3, -0.25) is 23.9 Å². The van der Waals surface area contributed by atoms with Gasteiger partial charge in [-0.1, -0.05) is 57.7 Å². The second-order valence-corrected chi connectivity index (χ2v) is 18.9. The number of piperidine rings is 1. The summed E-state index contributed by atoms with van der Waals surface area (Å²) < 4.78 is 40.1. The molecule has 4 fully saturated rings. The monoisotopic (exact) mass is 799 g/mol. The highest BCUT2D eigenvalue weighted by Crippen LogP contribution is 2.41. The number of benzene rings is 2. The summed E-state index contributed by atoms with van der Waals surface area (Å²) in [6, 6.07) is 15.9. The topological polar surface area (TPSA) is 164 Å². The number of methoxy groups -OCH3 is 1. The predicted molar refractivity (Wildman–Crippen MR) is 216 cm³/mol. The molecule has 2 saturated heterocycles. The normalized spacial score (nSPS) is 23.1. The van der Waals surface area contributed by atoms with Gasteiger partial charge in [0.1, 0.15) is 29.2 Å². The first-order valence-electron chi connectivity index (χ1n) is 19.9. The number of hydrogen-bond acceptors (Lipinski definition) is 9. The van der Waals surface area contributed by atoms with Crippen molar-refractivity contribution in [3.05, 3.63) is 66.7 Å². The Morgan fingerprint density at radius 2 is 1.74 bits per heavy atom. The van der Waals surface area contributed by atoms with E-state index in [2.05, 4.69) is 16.6 Å². The highest BCUT2D eigenvalue weighted by molar-refractivity contribution is 7.91. The Balaban J connectivity index is 1.22. The third-order valence-corrected chi connectivity index (χ3v) is 13.8. The third-order valence-electron chi connectivity index (χ3n) is 11.9. The average Bonchev–Trinajstić information content (AvgIpc) is 3.98. The van der Waals surface area contributed by atoms with E-state index in [1.54, 1.807) is 7.11 Å². The first-order chi connectivity index (χ1) is 27.1. The van der Waals surface area contributed by atoms with Gasteiger partial charge < -0.3 is 24.6 Å². The average molecular weight is 800 g/mol. The summed E-state index contributed by atoms with van der Waals surface area (Å²) in [4.78, 5) is 65.0. The van der Waals surface area contributed by atoms with Crippen LogP contribution in [0.4, 0.5) is 0 Å². The van der Waals surface area contributed by atoms with Gasteiger partial charge in [0.2, 0.25) is 27.7 Å². The minimum Gasteiger partial charge on any atom is -0.497 e. The molecule has 2 aliphatic heterocycles. The van der Waals surface area contributed by atoms with Crippen LogP contribution in [0.2, 0.25) is 0 Å². The number of pyridine rings is 1. The van der Waals surface area contributed by atoms with Crippen LogP contribution in [-0.2, 0) is 29.2 Å². The molecule has 7 rings (SSSR count). The Kier molecular flexibility index (Phi) is 11.1. The van der Waals surface area contributed by atoms with Crippen molar-refractivity contribution in [3.63, 3.8) is 0 Å². The van der Waals surface area contributed by atoms with Crippen LogP contribution in [0.5, 0.6) is 11.5 Å². The fourth-order valence-corrected chi connectivity index (χ4v) is 9.48. The maximum atomic E-state index is 14.9. The van der Waals surface area contributed by atoms with E-state index in [-0.39, 0.29) is 37.6 Å². The van der Waals surface area contributed by atoms with Crippen LogP contribution in [0.25, 0.3) is 22.2 Å². The number of amides is 4. The molecule has 2 aliphatic carbocycles. The number of likely N-dealkylation sites (tertiary alicyclic amines) is 2. The Morgan fingerprint density at radius 1 is 1.02 bits per heavy atom. The molecule has 4 amide bonds. The molecule has 2 saturated carbocycles. The summed E-state index contributed by atoms with van der Waals surface area (Å²) >= 11 is 0. The standard InChI is InChI=1S/C43H53N5O8S/c1-27-18-19-43(27,41(52)46-57(53,54)31-15-16-31)45-39(50)36-23-30(26-48(36)40(51)33(42(2,3)4)24-38(49)47-20-10-7-11-21-47)56-37-25-34(28-12-8-6-9-13-28)44-35-22-29(55-5)14-17-32(35)37/h6,8-9,12-14,17,22,25,30-31,33,36H,1,7,10-11,15-16,18-21,23-24,26H2,2-5H3,(H,45,50)(H,46,52)/t30-,33-,36+,43?/m1/s1. The van der Waals surface area contributed by atoms with Crippen molar-refractivity contribution in [2.75, 3.05) is 26.7 Å². The quantitative estimate of drug-likeness (QED) is 0.236. The van der Waals surface area contributed by atoms with Crippen molar-refractivity contribution < 1.29 is 37.1 Å². The largest absolute Gasteiger partial charge is 0.497 e. The number of nitrogens with zero attached hydrogens (tertiary/aromatic N) is 3. The minimum absolute atomic E-state index is 0.0157. The molecule has 14 heteroatoms. The molecule has 0 spiro atoms. The smallest absolute Gasteiger partial charge is 0.263 e. The molecule has 2 aromatic carbocycles. The van der Waals surface area contributed by atoms with Crippen molar-refractivity contribution in [1.29, 1.82) is 0 Å². The van der Waals surface area contributed by atoms with E-state index in [0.29, 0.717) is 66.0 Å². The van der Waals surface area contributed by atoms with E-state index in [9.17, 15) is 27.6 Å². The minimum atomic E-state index is -3.91. The van der Waals surface area contributed by atoms with E-state index < -0.39 is 56.1 Å². The van der Waals surface area contributed by atoms with Crippen molar-refractivity contribution in [1.82, 2.24) is 24.8 Å². The van der Waals surface area contributed by atoms with Crippen molar-refractivity contribution in [2.45, 2.75) is 101 Å². The summed E-state index contributed by atoms with van der Waals surface area (Å²) in [7, 11) is -2.33. The van der Waals surface area contributed by atoms with Crippen LogP contribution >= 0.6 is 0 Å². The molecule has 0 bridgehead atoms. The van der Waals surface area contributed by atoms with Gasteiger partial charge in [-0.2, -0.15) is 0 Å².